The van der Waals surface area contributed by atoms with Gasteiger partial charge in [0.1, 0.15) is 18.1 Å². The van der Waals surface area contributed by atoms with E-state index in [1.54, 1.807) is 7.11 Å². The van der Waals surface area contributed by atoms with Crippen LogP contribution in [0.1, 0.15) is 33.5 Å². The summed E-state index contributed by atoms with van der Waals surface area (Å²) in [5.74, 6) is 1.63. The lowest BCUT2D eigenvalue weighted by molar-refractivity contribution is 0.105. The Kier molecular flexibility index (Phi) is 6.72. The second-order valence-electron chi connectivity index (χ2n) is 8.24. The van der Waals surface area contributed by atoms with Gasteiger partial charge in [-0.15, -0.1) is 0 Å². The van der Waals surface area contributed by atoms with Crippen molar-refractivity contribution >= 4 is 16.9 Å². The van der Waals surface area contributed by atoms with E-state index in [1.165, 1.54) is 5.56 Å². The molecule has 1 aliphatic carbocycles. The molecule has 164 valence electrons. The smallest absolute Gasteiger partial charge is 0.193 e. The number of nitrogens with zero attached hydrogens (tertiary/aromatic N) is 1. The first-order valence-electron chi connectivity index (χ1n) is 10.9. The number of methoxy groups -OCH3 is 1. The average molecular weight is 428 g/mol. The quantitative estimate of drug-likeness (QED) is 0.453. The molecule has 0 aliphatic heterocycles. The first-order chi connectivity index (χ1) is 15.6. The summed E-state index contributed by atoms with van der Waals surface area (Å²) in [4.78, 5) is 15.8. The van der Waals surface area contributed by atoms with Crippen LogP contribution in [0.4, 0.5) is 0 Å². The summed E-state index contributed by atoms with van der Waals surface area (Å²) in [6.45, 7) is 1.45. The zero-order valence-electron chi connectivity index (χ0n) is 18.9. The zero-order valence-corrected chi connectivity index (χ0v) is 18.9. The fourth-order valence-electron chi connectivity index (χ4n) is 4.06. The summed E-state index contributed by atoms with van der Waals surface area (Å²) in [6.07, 6.45) is 1.75. The van der Waals surface area contributed by atoms with Crippen LogP contribution in [0.3, 0.4) is 0 Å². The van der Waals surface area contributed by atoms with Gasteiger partial charge in [-0.3, -0.25) is 4.79 Å². The van der Waals surface area contributed by atoms with Crippen LogP contribution in [0.15, 0.2) is 72.8 Å². The molecule has 4 nitrogen and oxygen atoms in total. The van der Waals surface area contributed by atoms with E-state index < -0.39 is 0 Å². The van der Waals surface area contributed by atoms with Gasteiger partial charge in [0.2, 0.25) is 0 Å². The summed E-state index contributed by atoms with van der Waals surface area (Å²) in [6, 6.07) is 23.7. The van der Waals surface area contributed by atoms with Crippen LogP contribution in [-0.4, -0.2) is 45.0 Å². The zero-order chi connectivity index (χ0) is 22.5. The maximum atomic E-state index is 13.8. The summed E-state index contributed by atoms with van der Waals surface area (Å²) in [7, 11) is 5.69. The van der Waals surface area contributed by atoms with Crippen molar-refractivity contribution in [2.24, 2.45) is 0 Å². The molecule has 0 N–H and O–H groups in total. The molecule has 0 fully saturated rings. The highest BCUT2D eigenvalue weighted by molar-refractivity contribution is 6.35. The third kappa shape index (κ3) is 4.76. The number of carbonyl (C=O) groups excluding carboxylic acids is 1. The fourth-order valence-corrected chi connectivity index (χ4v) is 4.06. The maximum absolute atomic E-state index is 13.8. The summed E-state index contributed by atoms with van der Waals surface area (Å²) >= 11 is 0. The van der Waals surface area contributed by atoms with E-state index in [2.05, 4.69) is 17.0 Å². The molecule has 0 saturated carbocycles. The number of Topliss-reactive ketones (excluding diaryl/α,β-unsaturated/α-hetero) is 1. The van der Waals surface area contributed by atoms with Crippen molar-refractivity contribution in [3.63, 3.8) is 0 Å². The molecular formula is C28H29NO3. The second kappa shape index (κ2) is 9.84. The van der Waals surface area contributed by atoms with E-state index in [0.717, 1.165) is 53.2 Å². The minimum Gasteiger partial charge on any atom is -0.497 e. The van der Waals surface area contributed by atoms with Gasteiger partial charge in [0.25, 0.3) is 0 Å². The Morgan fingerprint density at radius 3 is 2.25 bits per heavy atom. The highest BCUT2D eigenvalue weighted by Crippen LogP contribution is 2.39. The summed E-state index contributed by atoms with van der Waals surface area (Å²) in [5.41, 5.74) is 5.86. The topological polar surface area (TPSA) is 38.8 Å². The van der Waals surface area contributed by atoms with Gasteiger partial charge in [-0.2, -0.15) is 0 Å². The number of aryl methyl sites for hydroxylation is 1. The van der Waals surface area contributed by atoms with Gasteiger partial charge in [-0.05, 0) is 85.6 Å². The van der Waals surface area contributed by atoms with Gasteiger partial charge >= 0.3 is 0 Å². The van der Waals surface area contributed by atoms with Crippen molar-refractivity contribution < 1.29 is 14.3 Å². The number of allylic oxidation sites excluding steroid dienone is 2. The summed E-state index contributed by atoms with van der Waals surface area (Å²) in [5, 5.41) is 0. The van der Waals surface area contributed by atoms with Crippen LogP contribution in [0.25, 0.3) is 11.1 Å². The van der Waals surface area contributed by atoms with Crippen LogP contribution in [0.5, 0.6) is 11.5 Å². The predicted octanol–water partition coefficient (Wildman–Crippen LogP) is 5.38. The van der Waals surface area contributed by atoms with Crippen LogP contribution in [0.2, 0.25) is 0 Å². The molecule has 0 radical (unpaired) electrons. The number of hydrogen-bond donors (Lipinski definition) is 0. The monoisotopic (exact) mass is 427 g/mol. The number of likely N-dealkylation sites (N-methyl/N-ethyl adjacent to an activating group) is 1. The number of ether oxygens (including phenoxy) is 2. The Labute approximate surface area is 190 Å². The predicted molar refractivity (Wildman–Crippen MR) is 129 cm³/mol. The largest absolute Gasteiger partial charge is 0.497 e. The minimum atomic E-state index is 0.0443. The lowest BCUT2D eigenvalue weighted by Crippen LogP contribution is -2.19. The van der Waals surface area contributed by atoms with E-state index in [1.807, 2.05) is 74.8 Å². The fraction of sp³-hybridized carbons (Fsp3) is 0.250. The number of carbonyl (C=O) groups is 1. The summed E-state index contributed by atoms with van der Waals surface area (Å²) < 4.78 is 11.1. The van der Waals surface area contributed by atoms with Crippen molar-refractivity contribution in [1.82, 2.24) is 4.90 Å². The van der Waals surface area contributed by atoms with Crippen LogP contribution in [0, 0.1) is 0 Å². The molecule has 0 heterocycles. The molecule has 0 saturated heterocycles. The molecule has 0 atom stereocenters. The van der Waals surface area contributed by atoms with E-state index in [-0.39, 0.29) is 5.78 Å². The number of fused-ring (bicyclic) bond motifs is 1. The molecule has 1 aliphatic rings. The molecule has 0 amide bonds. The van der Waals surface area contributed by atoms with Gasteiger partial charge in [-0.25, -0.2) is 0 Å². The number of ketones is 1. The van der Waals surface area contributed by atoms with Crippen LogP contribution in [-0.2, 0) is 6.42 Å². The van der Waals surface area contributed by atoms with Gasteiger partial charge in [0.15, 0.2) is 5.78 Å². The average Bonchev–Trinajstić information content (AvgIpc) is 2.83. The Morgan fingerprint density at radius 1 is 0.875 bits per heavy atom. The highest BCUT2D eigenvalue weighted by Gasteiger charge is 2.26. The van der Waals surface area contributed by atoms with E-state index in [0.29, 0.717) is 12.2 Å². The first-order valence-corrected chi connectivity index (χ1v) is 10.9. The Bertz CT molecular complexity index is 1110. The lowest BCUT2D eigenvalue weighted by Gasteiger charge is -2.23. The molecular weight excluding hydrogens is 398 g/mol. The van der Waals surface area contributed by atoms with E-state index in [9.17, 15) is 4.79 Å². The standard InChI is InChI=1S/C28H29NO3/c1-29(2)18-19-32-24-15-10-22(11-16-24)28(30)27-25-7-5-4-6-20(25)12-17-26(27)21-8-13-23(31-3)14-9-21/h4-11,13-16H,12,17-19H2,1-3H3. The highest BCUT2D eigenvalue weighted by atomic mass is 16.5. The molecule has 0 spiro atoms. The van der Waals surface area contributed by atoms with E-state index >= 15 is 0 Å². The maximum Gasteiger partial charge on any atom is 0.193 e. The molecule has 3 aromatic rings. The second-order valence-corrected chi connectivity index (χ2v) is 8.24. The molecule has 4 heteroatoms. The third-order valence-electron chi connectivity index (χ3n) is 5.82. The third-order valence-corrected chi connectivity index (χ3v) is 5.82. The van der Waals surface area contributed by atoms with Gasteiger partial charge in [0, 0.05) is 17.7 Å². The minimum absolute atomic E-state index is 0.0443. The van der Waals surface area contributed by atoms with Crippen LogP contribution >= 0.6 is 0 Å². The SMILES string of the molecule is COc1ccc(C2=C(C(=O)c3ccc(OCCN(C)C)cc3)c3ccccc3CC2)cc1. The molecule has 3 aromatic carbocycles. The number of benzene rings is 3. The van der Waals surface area contributed by atoms with Crippen molar-refractivity contribution in [3.05, 3.63) is 95.1 Å². The Morgan fingerprint density at radius 2 is 1.56 bits per heavy atom. The molecule has 0 unspecified atom stereocenters. The van der Waals surface area contributed by atoms with Crippen molar-refractivity contribution in [1.29, 1.82) is 0 Å². The molecule has 32 heavy (non-hydrogen) atoms. The molecule has 0 aromatic heterocycles. The van der Waals surface area contributed by atoms with Gasteiger partial charge in [-0.1, -0.05) is 36.4 Å². The number of rotatable bonds is 8. The van der Waals surface area contributed by atoms with Crippen molar-refractivity contribution in [2.45, 2.75) is 12.8 Å². The van der Waals surface area contributed by atoms with Crippen molar-refractivity contribution in [2.75, 3.05) is 34.4 Å². The Hall–Kier alpha value is -3.37. The van der Waals surface area contributed by atoms with Gasteiger partial charge < -0.3 is 14.4 Å². The molecule has 0 bridgehead atoms. The molecule has 4 rings (SSSR count). The Balaban J connectivity index is 1.69. The first kappa shape index (κ1) is 21.8. The van der Waals surface area contributed by atoms with Crippen molar-refractivity contribution in [3.8, 4) is 11.5 Å². The normalized spacial score (nSPS) is 13.1. The lowest BCUT2D eigenvalue weighted by atomic mass is 9.79. The van der Waals surface area contributed by atoms with Crippen LogP contribution < -0.4 is 9.47 Å². The number of hydrogen-bond acceptors (Lipinski definition) is 4. The van der Waals surface area contributed by atoms with Gasteiger partial charge in [0.05, 0.1) is 7.11 Å². The van der Waals surface area contributed by atoms with E-state index in [4.69, 9.17) is 9.47 Å².